The second-order valence-corrected chi connectivity index (χ2v) is 6.06. The normalized spacial score (nSPS) is 17.2. The Kier molecular flexibility index (Phi) is 3.72. The van der Waals surface area contributed by atoms with Gasteiger partial charge in [-0.05, 0) is 25.5 Å². The van der Waals surface area contributed by atoms with E-state index >= 15 is 0 Å². The van der Waals surface area contributed by atoms with Crippen LogP contribution in [0, 0.1) is 6.92 Å². The quantitative estimate of drug-likeness (QED) is 0.755. The number of furan rings is 1. The summed E-state index contributed by atoms with van der Waals surface area (Å²) in [5.74, 6) is 1.50. The van der Waals surface area contributed by atoms with Crippen molar-refractivity contribution in [2.75, 3.05) is 13.1 Å². The molecule has 3 aromatic rings. The molecule has 128 valence electrons. The summed E-state index contributed by atoms with van der Waals surface area (Å²) in [5, 5.41) is 0. The van der Waals surface area contributed by atoms with E-state index in [-0.39, 0.29) is 17.4 Å². The van der Waals surface area contributed by atoms with Crippen molar-refractivity contribution in [3.8, 4) is 11.6 Å². The fourth-order valence-corrected chi connectivity index (χ4v) is 3.19. The predicted molar refractivity (Wildman–Crippen MR) is 89.1 cm³/mol. The molecule has 3 aromatic heterocycles. The maximum Gasteiger partial charge on any atom is 0.264 e. The van der Waals surface area contributed by atoms with E-state index in [1.165, 1.54) is 6.26 Å². The highest BCUT2D eigenvalue weighted by molar-refractivity contribution is 5.95. The van der Waals surface area contributed by atoms with Crippen LogP contribution in [0.2, 0.25) is 0 Å². The zero-order valence-corrected chi connectivity index (χ0v) is 13.7. The molecule has 0 aliphatic carbocycles. The molecule has 8 heteroatoms. The van der Waals surface area contributed by atoms with Gasteiger partial charge in [-0.25, -0.2) is 9.97 Å². The predicted octanol–water partition coefficient (Wildman–Crippen LogP) is 1.69. The van der Waals surface area contributed by atoms with Gasteiger partial charge in [-0.2, -0.15) is 0 Å². The molecule has 0 aromatic carbocycles. The molecule has 1 saturated heterocycles. The molecule has 4 heterocycles. The van der Waals surface area contributed by atoms with Gasteiger partial charge >= 0.3 is 0 Å². The smallest absolute Gasteiger partial charge is 0.264 e. The van der Waals surface area contributed by atoms with Gasteiger partial charge in [0.2, 0.25) is 0 Å². The minimum Gasteiger partial charge on any atom is -0.461 e. The van der Waals surface area contributed by atoms with Crippen molar-refractivity contribution >= 4 is 5.91 Å². The standard InChI is InChI=1S/C17H17N5O3/c1-10-13(16(23)21-15(20-10)12-3-2-8-25-12)17(24)22-7-4-11(9-22)14-18-5-6-19-14/h2-3,5-6,8,11H,4,7,9H2,1H3,(H,18,19)(H,20,21,23). The number of carbonyl (C=O) groups excluding carboxylic acids is 1. The zero-order chi connectivity index (χ0) is 17.4. The average Bonchev–Trinajstić information content (AvgIpc) is 3.34. The summed E-state index contributed by atoms with van der Waals surface area (Å²) in [6, 6.07) is 3.41. The molecule has 0 radical (unpaired) electrons. The Labute approximate surface area is 142 Å². The van der Waals surface area contributed by atoms with Crippen LogP contribution in [-0.4, -0.2) is 43.8 Å². The van der Waals surface area contributed by atoms with Crippen LogP contribution in [0.1, 0.15) is 34.2 Å². The Bertz CT molecular complexity index is 943. The van der Waals surface area contributed by atoms with Gasteiger partial charge in [-0.3, -0.25) is 9.59 Å². The van der Waals surface area contributed by atoms with E-state index < -0.39 is 5.56 Å². The molecule has 8 nitrogen and oxygen atoms in total. The maximum atomic E-state index is 12.8. The van der Waals surface area contributed by atoms with E-state index in [1.807, 2.05) is 0 Å². The lowest BCUT2D eigenvalue weighted by Gasteiger charge is -2.16. The van der Waals surface area contributed by atoms with E-state index in [2.05, 4.69) is 19.9 Å². The Morgan fingerprint density at radius 2 is 2.32 bits per heavy atom. The van der Waals surface area contributed by atoms with Gasteiger partial charge in [0.1, 0.15) is 11.4 Å². The lowest BCUT2D eigenvalue weighted by Crippen LogP contribution is -2.34. The van der Waals surface area contributed by atoms with Gasteiger partial charge < -0.3 is 19.3 Å². The van der Waals surface area contributed by atoms with Crippen LogP contribution in [0.15, 0.2) is 40.0 Å². The van der Waals surface area contributed by atoms with Crippen LogP contribution in [0.4, 0.5) is 0 Å². The molecular formula is C17H17N5O3. The van der Waals surface area contributed by atoms with Gasteiger partial charge in [0.05, 0.1) is 12.0 Å². The molecule has 1 amide bonds. The fraction of sp³-hybridized carbons (Fsp3) is 0.294. The minimum absolute atomic E-state index is 0.0791. The van der Waals surface area contributed by atoms with E-state index in [9.17, 15) is 9.59 Å². The number of aromatic amines is 2. The first-order chi connectivity index (χ1) is 12.1. The maximum absolute atomic E-state index is 12.8. The number of carbonyl (C=O) groups is 1. The zero-order valence-electron chi connectivity index (χ0n) is 13.7. The third-order valence-electron chi connectivity index (χ3n) is 4.45. The molecule has 25 heavy (non-hydrogen) atoms. The van der Waals surface area contributed by atoms with Crippen molar-refractivity contribution in [1.82, 2.24) is 24.8 Å². The Hall–Kier alpha value is -3.16. The summed E-state index contributed by atoms with van der Waals surface area (Å²) < 4.78 is 5.25. The largest absolute Gasteiger partial charge is 0.461 e. The average molecular weight is 339 g/mol. The topological polar surface area (TPSA) is 108 Å². The summed E-state index contributed by atoms with van der Waals surface area (Å²) in [4.78, 5) is 41.3. The van der Waals surface area contributed by atoms with Gasteiger partial charge in [0, 0.05) is 31.4 Å². The van der Waals surface area contributed by atoms with Crippen LogP contribution in [-0.2, 0) is 0 Å². The van der Waals surface area contributed by atoms with Crippen LogP contribution >= 0.6 is 0 Å². The highest BCUT2D eigenvalue weighted by atomic mass is 16.3. The summed E-state index contributed by atoms with van der Waals surface area (Å²) in [5.41, 5.74) is 0.0161. The molecule has 0 bridgehead atoms. The number of hydrogen-bond acceptors (Lipinski definition) is 5. The number of amides is 1. The number of imidazole rings is 1. The van der Waals surface area contributed by atoms with Gasteiger partial charge in [0.25, 0.3) is 11.5 Å². The number of aryl methyl sites for hydroxylation is 1. The van der Waals surface area contributed by atoms with Crippen molar-refractivity contribution in [3.63, 3.8) is 0 Å². The third-order valence-corrected chi connectivity index (χ3v) is 4.45. The van der Waals surface area contributed by atoms with Crippen LogP contribution < -0.4 is 5.56 Å². The Morgan fingerprint density at radius 1 is 1.44 bits per heavy atom. The highest BCUT2D eigenvalue weighted by Crippen LogP contribution is 2.25. The van der Waals surface area contributed by atoms with Crippen LogP contribution in [0.25, 0.3) is 11.6 Å². The summed E-state index contributed by atoms with van der Waals surface area (Å²) in [6.07, 6.45) is 5.79. The molecular weight excluding hydrogens is 322 g/mol. The lowest BCUT2D eigenvalue weighted by atomic mass is 10.1. The first-order valence-electron chi connectivity index (χ1n) is 8.07. The number of rotatable bonds is 3. The second kappa shape index (κ2) is 6.04. The molecule has 4 rings (SSSR count). The van der Waals surface area contributed by atoms with Gasteiger partial charge in [0.15, 0.2) is 11.6 Å². The molecule has 0 spiro atoms. The first kappa shape index (κ1) is 15.4. The Morgan fingerprint density at radius 3 is 3.00 bits per heavy atom. The van der Waals surface area contributed by atoms with Crippen molar-refractivity contribution < 1.29 is 9.21 Å². The van der Waals surface area contributed by atoms with Crippen molar-refractivity contribution in [3.05, 3.63) is 58.2 Å². The molecule has 1 unspecified atom stereocenters. The van der Waals surface area contributed by atoms with Crippen molar-refractivity contribution in [2.45, 2.75) is 19.3 Å². The molecule has 1 aliphatic rings. The number of nitrogens with one attached hydrogen (secondary N) is 2. The fourth-order valence-electron chi connectivity index (χ4n) is 3.19. The van der Waals surface area contributed by atoms with Crippen LogP contribution in [0.3, 0.4) is 0 Å². The third kappa shape index (κ3) is 2.75. The molecule has 1 aliphatic heterocycles. The number of H-pyrrole nitrogens is 2. The summed E-state index contributed by atoms with van der Waals surface area (Å²) in [6.45, 7) is 2.78. The van der Waals surface area contributed by atoms with Crippen molar-refractivity contribution in [2.24, 2.45) is 0 Å². The van der Waals surface area contributed by atoms with E-state index in [0.29, 0.717) is 30.4 Å². The first-order valence-corrected chi connectivity index (χ1v) is 8.07. The van der Waals surface area contributed by atoms with Gasteiger partial charge in [-0.1, -0.05) is 0 Å². The minimum atomic E-state index is -0.453. The van der Waals surface area contributed by atoms with E-state index in [1.54, 1.807) is 36.4 Å². The number of hydrogen-bond donors (Lipinski definition) is 2. The Balaban J connectivity index is 1.60. The van der Waals surface area contributed by atoms with E-state index in [4.69, 9.17) is 4.42 Å². The number of likely N-dealkylation sites (tertiary alicyclic amines) is 1. The summed E-state index contributed by atoms with van der Waals surface area (Å²) in [7, 11) is 0. The SMILES string of the molecule is Cc1nc(-c2ccco2)[nH]c(=O)c1C(=O)N1CCC(c2ncc[nH]2)C1. The summed E-state index contributed by atoms with van der Waals surface area (Å²) >= 11 is 0. The van der Waals surface area contributed by atoms with Crippen LogP contribution in [0.5, 0.6) is 0 Å². The monoisotopic (exact) mass is 339 g/mol. The number of nitrogens with zero attached hydrogens (tertiary/aromatic N) is 3. The molecule has 0 saturated carbocycles. The van der Waals surface area contributed by atoms with E-state index in [0.717, 1.165) is 12.2 Å². The second-order valence-electron chi connectivity index (χ2n) is 6.06. The number of aromatic nitrogens is 4. The molecule has 1 atom stereocenters. The molecule has 1 fully saturated rings. The molecule has 2 N–H and O–H groups in total. The van der Waals surface area contributed by atoms with Gasteiger partial charge in [-0.15, -0.1) is 0 Å². The highest BCUT2D eigenvalue weighted by Gasteiger charge is 2.31. The van der Waals surface area contributed by atoms with Crippen molar-refractivity contribution in [1.29, 1.82) is 0 Å². The lowest BCUT2D eigenvalue weighted by molar-refractivity contribution is 0.0787.